The second kappa shape index (κ2) is 7.40. The fourth-order valence-electron chi connectivity index (χ4n) is 3.82. The number of piperidine rings is 2. The Morgan fingerprint density at radius 1 is 1.35 bits per heavy atom. The molecule has 0 unspecified atom stereocenters. The number of nitrogens with zero attached hydrogens (tertiary/aromatic N) is 4. The lowest BCUT2D eigenvalue weighted by Gasteiger charge is -2.50. The Morgan fingerprint density at radius 3 is 2.77 bits per heavy atom. The van der Waals surface area contributed by atoms with Gasteiger partial charge in [-0.05, 0) is 18.9 Å². The minimum Gasteiger partial charge on any atom is -0.497 e. The van der Waals surface area contributed by atoms with E-state index < -0.39 is 15.8 Å². The molecule has 2 atom stereocenters. The zero-order chi connectivity index (χ0) is 18.9. The molecule has 2 saturated heterocycles. The number of rotatable bonds is 5. The van der Waals surface area contributed by atoms with Crippen molar-refractivity contribution in [3.8, 4) is 5.75 Å². The Hall–Kier alpha value is -1.26. The number of aromatic nitrogens is 1. The van der Waals surface area contributed by atoms with Crippen LogP contribution in [-0.2, 0) is 16.8 Å². The van der Waals surface area contributed by atoms with Gasteiger partial charge in [-0.2, -0.15) is 17.0 Å². The summed E-state index contributed by atoms with van der Waals surface area (Å²) < 4.78 is 32.8. The van der Waals surface area contributed by atoms with Crippen molar-refractivity contribution in [3.63, 3.8) is 0 Å². The minimum absolute atomic E-state index is 0.106. The Balaban J connectivity index is 1.70. The first-order valence-electron chi connectivity index (χ1n) is 8.86. The topological polar surface area (TPSA) is 86.2 Å². The lowest BCUT2D eigenvalue weighted by atomic mass is 9.76. The van der Waals surface area contributed by atoms with Gasteiger partial charge in [-0.1, -0.05) is 0 Å². The quantitative estimate of drug-likeness (QED) is 0.778. The average Bonchev–Trinajstić information content (AvgIpc) is 2.61. The van der Waals surface area contributed by atoms with E-state index in [1.807, 2.05) is 12.1 Å². The third kappa shape index (κ3) is 3.86. The van der Waals surface area contributed by atoms with Crippen molar-refractivity contribution in [2.24, 2.45) is 5.92 Å². The Labute approximate surface area is 155 Å². The van der Waals surface area contributed by atoms with Crippen LogP contribution in [0.1, 0.15) is 18.5 Å². The molecule has 0 radical (unpaired) electrons. The first-order chi connectivity index (χ1) is 12.2. The largest absolute Gasteiger partial charge is 0.497 e. The molecular formula is C17H28N4O4S. The lowest BCUT2D eigenvalue weighted by molar-refractivity contribution is -0.103. The van der Waals surface area contributed by atoms with E-state index in [0.717, 1.165) is 18.0 Å². The van der Waals surface area contributed by atoms with E-state index in [9.17, 15) is 13.5 Å². The zero-order valence-electron chi connectivity index (χ0n) is 15.6. The molecular weight excluding hydrogens is 356 g/mol. The molecule has 0 bridgehead atoms. The molecule has 1 N–H and O–H groups in total. The average molecular weight is 385 g/mol. The SMILES string of the molecule is COc1ccnc(CN2CC[C@]3(O)CCN(S(=O)(=O)N(C)C)C[C@@H]3C2)c1. The van der Waals surface area contributed by atoms with Crippen molar-refractivity contribution in [2.45, 2.75) is 25.0 Å². The van der Waals surface area contributed by atoms with Crippen LogP contribution in [0.15, 0.2) is 18.3 Å². The van der Waals surface area contributed by atoms with Gasteiger partial charge in [0.2, 0.25) is 0 Å². The van der Waals surface area contributed by atoms with E-state index >= 15 is 0 Å². The highest BCUT2D eigenvalue weighted by atomic mass is 32.2. The molecule has 3 rings (SSSR count). The van der Waals surface area contributed by atoms with Crippen LogP contribution >= 0.6 is 0 Å². The van der Waals surface area contributed by atoms with Gasteiger partial charge in [-0.15, -0.1) is 0 Å². The molecule has 1 aromatic rings. The molecule has 8 nitrogen and oxygen atoms in total. The summed E-state index contributed by atoms with van der Waals surface area (Å²) in [4.78, 5) is 6.61. The van der Waals surface area contributed by atoms with Gasteiger partial charge in [0.25, 0.3) is 10.2 Å². The van der Waals surface area contributed by atoms with Crippen molar-refractivity contribution < 1.29 is 18.3 Å². The van der Waals surface area contributed by atoms with Gasteiger partial charge >= 0.3 is 0 Å². The summed E-state index contributed by atoms with van der Waals surface area (Å²) in [5.41, 5.74) is 0.125. The number of likely N-dealkylation sites (tertiary alicyclic amines) is 1. The lowest BCUT2D eigenvalue weighted by Crippen LogP contribution is -2.61. The Morgan fingerprint density at radius 2 is 2.08 bits per heavy atom. The monoisotopic (exact) mass is 384 g/mol. The van der Waals surface area contributed by atoms with Crippen molar-refractivity contribution >= 4 is 10.2 Å². The first-order valence-corrected chi connectivity index (χ1v) is 10.3. The highest BCUT2D eigenvalue weighted by molar-refractivity contribution is 7.86. The maximum atomic E-state index is 12.4. The third-order valence-corrected chi connectivity index (χ3v) is 7.42. The standard InChI is InChI=1S/C17H28N4O4S/c1-19(2)26(23,24)21-9-6-17(22)5-8-20(11-14(17)12-21)13-15-10-16(25-3)4-7-18-15/h4,7,10,14,22H,5-6,8-9,11-13H2,1-3H3/t14-,17-/m0/s1. The number of methoxy groups -OCH3 is 1. The molecule has 2 aliphatic heterocycles. The fraction of sp³-hybridized carbons (Fsp3) is 0.706. The number of ether oxygens (including phenoxy) is 1. The van der Waals surface area contributed by atoms with E-state index in [0.29, 0.717) is 39.0 Å². The second-order valence-corrected chi connectivity index (χ2v) is 9.51. The maximum absolute atomic E-state index is 12.4. The smallest absolute Gasteiger partial charge is 0.281 e. The predicted octanol–water partition coefficient (Wildman–Crippen LogP) is 0.155. The van der Waals surface area contributed by atoms with Crippen LogP contribution in [0.4, 0.5) is 0 Å². The molecule has 9 heteroatoms. The van der Waals surface area contributed by atoms with Crippen molar-refractivity contribution in [2.75, 3.05) is 47.4 Å². The van der Waals surface area contributed by atoms with Gasteiger partial charge < -0.3 is 9.84 Å². The summed E-state index contributed by atoms with van der Waals surface area (Å²) in [6.45, 7) is 2.79. The highest BCUT2D eigenvalue weighted by Gasteiger charge is 2.47. The maximum Gasteiger partial charge on any atom is 0.281 e. The molecule has 0 amide bonds. The summed E-state index contributed by atoms with van der Waals surface area (Å²) in [7, 11) is 1.25. The van der Waals surface area contributed by atoms with Crippen LogP contribution in [0.2, 0.25) is 0 Å². The van der Waals surface area contributed by atoms with Crippen molar-refractivity contribution in [3.05, 3.63) is 24.0 Å². The van der Waals surface area contributed by atoms with E-state index in [1.165, 1.54) is 22.7 Å². The van der Waals surface area contributed by atoms with E-state index in [1.54, 1.807) is 13.3 Å². The zero-order valence-corrected chi connectivity index (χ0v) is 16.4. The fourth-order valence-corrected chi connectivity index (χ4v) is 4.98. The molecule has 1 aromatic heterocycles. The molecule has 3 heterocycles. The van der Waals surface area contributed by atoms with Gasteiger partial charge in [0, 0.05) is 65.0 Å². The number of hydrogen-bond acceptors (Lipinski definition) is 6. The van der Waals surface area contributed by atoms with Gasteiger partial charge in [0.1, 0.15) is 5.75 Å². The summed E-state index contributed by atoms with van der Waals surface area (Å²) in [5.74, 6) is 0.662. The van der Waals surface area contributed by atoms with Gasteiger partial charge in [0.05, 0.1) is 18.4 Å². The summed E-state index contributed by atoms with van der Waals surface area (Å²) in [5, 5.41) is 11.0. The molecule has 2 aliphatic rings. The minimum atomic E-state index is -3.45. The predicted molar refractivity (Wildman–Crippen MR) is 97.9 cm³/mol. The number of pyridine rings is 1. The van der Waals surface area contributed by atoms with Crippen LogP contribution in [0.5, 0.6) is 5.75 Å². The molecule has 26 heavy (non-hydrogen) atoms. The number of hydrogen-bond donors (Lipinski definition) is 1. The summed E-state index contributed by atoms with van der Waals surface area (Å²) >= 11 is 0. The number of aliphatic hydroxyl groups is 1. The summed E-state index contributed by atoms with van der Waals surface area (Å²) in [6.07, 6.45) is 2.86. The van der Waals surface area contributed by atoms with Crippen LogP contribution < -0.4 is 4.74 Å². The second-order valence-electron chi connectivity index (χ2n) is 7.37. The van der Waals surface area contributed by atoms with E-state index in [2.05, 4.69) is 9.88 Å². The molecule has 2 fully saturated rings. The van der Waals surface area contributed by atoms with Crippen molar-refractivity contribution in [1.29, 1.82) is 0 Å². The molecule has 146 valence electrons. The Bertz CT molecular complexity index is 742. The van der Waals surface area contributed by atoms with Crippen molar-refractivity contribution in [1.82, 2.24) is 18.5 Å². The van der Waals surface area contributed by atoms with Gasteiger partial charge in [-0.3, -0.25) is 9.88 Å². The van der Waals surface area contributed by atoms with Gasteiger partial charge in [-0.25, -0.2) is 0 Å². The van der Waals surface area contributed by atoms with Gasteiger partial charge in [0.15, 0.2) is 0 Å². The molecule has 0 spiro atoms. The number of fused-ring (bicyclic) bond motifs is 1. The molecule has 0 saturated carbocycles. The first kappa shape index (κ1) is 19.5. The Kier molecular flexibility index (Phi) is 5.55. The molecule has 0 aliphatic carbocycles. The highest BCUT2D eigenvalue weighted by Crippen LogP contribution is 2.36. The summed E-state index contributed by atoms with van der Waals surface area (Å²) in [6, 6.07) is 3.72. The molecule has 0 aromatic carbocycles. The normalized spacial score (nSPS) is 28.1. The van der Waals surface area contributed by atoms with E-state index in [4.69, 9.17) is 4.74 Å². The van der Waals surface area contributed by atoms with Crippen LogP contribution in [0.25, 0.3) is 0 Å². The van der Waals surface area contributed by atoms with Crippen LogP contribution in [-0.4, -0.2) is 85.0 Å². The van der Waals surface area contributed by atoms with E-state index in [-0.39, 0.29) is 5.92 Å². The third-order valence-electron chi connectivity index (χ3n) is 5.51. The van der Waals surface area contributed by atoms with Crippen LogP contribution in [0.3, 0.4) is 0 Å². The van der Waals surface area contributed by atoms with Crippen LogP contribution in [0, 0.1) is 5.92 Å².